The Hall–Kier alpha value is -1.36. The smallest absolute Gasteiger partial charge is 0.246 e. The Morgan fingerprint density at radius 3 is 2.56 bits per heavy atom. The lowest BCUT2D eigenvalue weighted by atomic mass is 9.40. The first-order valence-corrected chi connectivity index (χ1v) is 10.8. The molecule has 1 amide bonds. The van der Waals surface area contributed by atoms with Gasteiger partial charge in [-0.3, -0.25) is 4.79 Å². The maximum absolute atomic E-state index is 13.1. The van der Waals surface area contributed by atoms with Gasteiger partial charge in [-0.05, 0) is 102 Å². The van der Waals surface area contributed by atoms with Crippen molar-refractivity contribution >= 4 is 28.1 Å². The molecule has 5 heteroatoms. The fraction of sp³-hybridized carbons (Fsp3) is 0.636. The number of carbonyl (C=O) groups excluding carboxylic acids is 1. The number of benzene rings is 1. The van der Waals surface area contributed by atoms with Crippen LogP contribution in [-0.4, -0.2) is 18.7 Å². The van der Waals surface area contributed by atoms with Crippen molar-refractivity contribution < 1.29 is 9.53 Å². The largest absolute Gasteiger partial charge is 0.493 e. The fourth-order valence-corrected chi connectivity index (χ4v) is 7.37. The molecule has 0 spiro atoms. The summed E-state index contributed by atoms with van der Waals surface area (Å²) in [5.41, 5.74) is 4.23. The lowest BCUT2D eigenvalue weighted by molar-refractivity contribution is -0.170. The van der Waals surface area contributed by atoms with Gasteiger partial charge in [-0.2, -0.15) is 5.10 Å². The molecule has 4 aliphatic rings. The standard InChI is InChI=1S/C22H29BrN2O2/c1-4-27-18-6-5-15(7-17(18)23)11-24-25-19(26)22-10-16-8-20(2,13-22)12-21(3,9-16)14-22/h5-7,11,16H,4,8-10,12-14H2,1-3H3,(H,25,26)/b24-11+. The summed E-state index contributed by atoms with van der Waals surface area (Å²) in [6.45, 7) is 7.36. The molecule has 4 nitrogen and oxygen atoms in total. The first kappa shape index (κ1) is 19.0. The minimum absolute atomic E-state index is 0.116. The molecule has 146 valence electrons. The van der Waals surface area contributed by atoms with Crippen LogP contribution in [0, 0.1) is 22.2 Å². The van der Waals surface area contributed by atoms with Gasteiger partial charge in [-0.1, -0.05) is 13.8 Å². The molecule has 1 aromatic carbocycles. The second-order valence-corrected chi connectivity index (χ2v) is 10.6. The highest BCUT2D eigenvalue weighted by Crippen LogP contribution is 2.69. The fourth-order valence-electron chi connectivity index (χ4n) is 6.85. The quantitative estimate of drug-likeness (QED) is 0.507. The first-order chi connectivity index (χ1) is 12.7. The van der Waals surface area contributed by atoms with Crippen molar-refractivity contribution in [2.75, 3.05) is 6.61 Å². The predicted octanol–water partition coefficient (Wildman–Crippen LogP) is 5.29. The van der Waals surface area contributed by atoms with Gasteiger partial charge in [0, 0.05) is 0 Å². The number of amides is 1. The van der Waals surface area contributed by atoms with Gasteiger partial charge < -0.3 is 4.74 Å². The Labute approximate surface area is 170 Å². The number of hydrogen-bond donors (Lipinski definition) is 1. The van der Waals surface area contributed by atoms with Crippen molar-refractivity contribution in [2.45, 2.75) is 59.3 Å². The van der Waals surface area contributed by atoms with Crippen LogP contribution in [0.4, 0.5) is 0 Å². The summed E-state index contributed by atoms with van der Waals surface area (Å²) in [7, 11) is 0. The summed E-state index contributed by atoms with van der Waals surface area (Å²) in [6.07, 6.45) is 8.64. The first-order valence-electron chi connectivity index (χ1n) is 10.0. The number of ether oxygens (including phenoxy) is 1. The zero-order valence-electron chi connectivity index (χ0n) is 16.5. The van der Waals surface area contributed by atoms with Crippen LogP contribution >= 0.6 is 15.9 Å². The molecule has 0 radical (unpaired) electrons. The highest BCUT2D eigenvalue weighted by molar-refractivity contribution is 9.10. The van der Waals surface area contributed by atoms with E-state index in [2.05, 4.69) is 40.3 Å². The van der Waals surface area contributed by atoms with E-state index in [-0.39, 0.29) is 11.3 Å². The van der Waals surface area contributed by atoms with Gasteiger partial charge in [-0.15, -0.1) is 0 Å². The van der Waals surface area contributed by atoms with Crippen molar-refractivity contribution in [3.05, 3.63) is 28.2 Å². The van der Waals surface area contributed by atoms with Gasteiger partial charge in [0.1, 0.15) is 5.75 Å². The highest BCUT2D eigenvalue weighted by Gasteiger charge is 2.62. The van der Waals surface area contributed by atoms with Gasteiger partial charge in [0.05, 0.1) is 22.7 Å². The molecule has 1 N–H and O–H groups in total. The molecule has 0 aliphatic heterocycles. The zero-order chi connectivity index (χ0) is 19.3. The van der Waals surface area contributed by atoms with Crippen molar-refractivity contribution in [3.8, 4) is 5.75 Å². The SMILES string of the molecule is CCOc1ccc(/C=N/NC(=O)C23CC4CC(C)(CC(C)(C4)C2)C3)cc1Br. The van der Waals surface area contributed by atoms with E-state index in [1.54, 1.807) is 6.21 Å². The normalized spacial score (nSPS) is 37.0. The van der Waals surface area contributed by atoms with E-state index in [1.165, 1.54) is 19.3 Å². The lowest BCUT2D eigenvalue weighted by Gasteiger charge is -2.64. The Morgan fingerprint density at radius 1 is 1.26 bits per heavy atom. The molecule has 4 bridgehead atoms. The monoisotopic (exact) mass is 432 g/mol. The highest BCUT2D eigenvalue weighted by atomic mass is 79.9. The summed E-state index contributed by atoms with van der Waals surface area (Å²) >= 11 is 3.51. The van der Waals surface area contributed by atoms with Gasteiger partial charge in [0.2, 0.25) is 5.91 Å². The van der Waals surface area contributed by atoms with Crippen LogP contribution in [0.25, 0.3) is 0 Å². The van der Waals surface area contributed by atoms with Crippen LogP contribution in [0.15, 0.2) is 27.8 Å². The second kappa shape index (κ2) is 6.61. The molecule has 27 heavy (non-hydrogen) atoms. The summed E-state index contributed by atoms with van der Waals surface area (Å²) < 4.78 is 6.42. The predicted molar refractivity (Wildman–Crippen MR) is 111 cm³/mol. The Bertz CT molecular complexity index is 773. The molecule has 0 saturated heterocycles. The number of nitrogens with one attached hydrogen (secondary N) is 1. The van der Waals surface area contributed by atoms with Crippen LogP contribution < -0.4 is 10.2 Å². The van der Waals surface area contributed by atoms with Crippen LogP contribution in [0.1, 0.15) is 64.9 Å². The molecule has 2 atom stereocenters. The Morgan fingerprint density at radius 2 is 1.96 bits per heavy atom. The molecule has 5 rings (SSSR count). The van der Waals surface area contributed by atoms with Gasteiger partial charge in [0.25, 0.3) is 0 Å². The van der Waals surface area contributed by atoms with E-state index in [0.717, 1.165) is 35.0 Å². The Kier molecular flexibility index (Phi) is 4.65. The molecule has 0 heterocycles. The summed E-state index contributed by atoms with van der Waals surface area (Å²) in [5, 5.41) is 4.27. The third kappa shape index (κ3) is 3.55. The minimum Gasteiger partial charge on any atom is -0.493 e. The summed E-state index contributed by atoms with van der Waals surface area (Å²) in [4.78, 5) is 13.1. The molecular formula is C22H29BrN2O2. The average Bonchev–Trinajstić information content (AvgIpc) is 2.54. The summed E-state index contributed by atoms with van der Waals surface area (Å²) in [6, 6.07) is 5.81. The third-order valence-electron chi connectivity index (χ3n) is 6.74. The molecule has 2 unspecified atom stereocenters. The van der Waals surface area contributed by atoms with Crippen LogP contribution in [-0.2, 0) is 4.79 Å². The van der Waals surface area contributed by atoms with Crippen LogP contribution in [0.2, 0.25) is 0 Å². The van der Waals surface area contributed by atoms with Crippen molar-refractivity contribution in [3.63, 3.8) is 0 Å². The van der Waals surface area contributed by atoms with E-state index < -0.39 is 0 Å². The Balaban J connectivity index is 1.45. The lowest BCUT2D eigenvalue weighted by Crippen LogP contribution is -2.59. The van der Waals surface area contributed by atoms with E-state index >= 15 is 0 Å². The number of carbonyl (C=O) groups is 1. The number of nitrogens with zero attached hydrogens (tertiary/aromatic N) is 1. The number of hydrogen-bond acceptors (Lipinski definition) is 3. The topological polar surface area (TPSA) is 50.7 Å². The maximum Gasteiger partial charge on any atom is 0.246 e. The number of halogens is 1. The number of hydrazone groups is 1. The van der Waals surface area contributed by atoms with Gasteiger partial charge >= 0.3 is 0 Å². The third-order valence-corrected chi connectivity index (χ3v) is 7.36. The summed E-state index contributed by atoms with van der Waals surface area (Å²) in [5.74, 6) is 1.63. The zero-order valence-corrected chi connectivity index (χ0v) is 18.1. The molecular weight excluding hydrogens is 404 g/mol. The van der Waals surface area contributed by atoms with E-state index in [4.69, 9.17) is 4.74 Å². The molecule has 4 saturated carbocycles. The average molecular weight is 433 g/mol. The van der Waals surface area contributed by atoms with Crippen molar-refractivity contribution in [1.29, 1.82) is 0 Å². The second-order valence-electron chi connectivity index (χ2n) is 9.73. The van der Waals surface area contributed by atoms with Crippen LogP contribution in [0.3, 0.4) is 0 Å². The molecule has 4 fully saturated rings. The van der Waals surface area contributed by atoms with Crippen molar-refractivity contribution in [1.82, 2.24) is 5.43 Å². The minimum atomic E-state index is -0.223. The molecule has 4 aliphatic carbocycles. The van der Waals surface area contributed by atoms with Gasteiger partial charge in [0.15, 0.2) is 0 Å². The molecule has 0 aromatic heterocycles. The van der Waals surface area contributed by atoms with Crippen molar-refractivity contribution in [2.24, 2.45) is 27.3 Å². The number of rotatable bonds is 5. The van der Waals surface area contributed by atoms with E-state index in [1.807, 2.05) is 25.1 Å². The maximum atomic E-state index is 13.1. The van der Waals surface area contributed by atoms with E-state index in [9.17, 15) is 4.79 Å². The van der Waals surface area contributed by atoms with Gasteiger partial charge in [-0.25, -0.2) is 5.43 Å². The molecule has 1 aromatic rings. The van der Waals surface area contributed by atoms with Crippen LogP contribution in [0.5, 0.6) is 5.75 Å². The van der Waals surface area contributed by atoms with E-state index in [0.29, 0.717) is 23.4 Å².